The van der Waals surface area contributed by atoms with E-state index < -0.39 is 0 Å². The quantitative estimate of drug-likeness (QED) is 0.362. The molecule has 0 aromatic heterocycles. The fourth-order valence-corrected chi connectivity index (χ4v) is 1.59. The van der Waals surface area contributed by atoms with Crippen LogP contribution in [0.1, 0.15) is 72.1 Å². The molecule has 0 rings (SSSR count). The third kappa shape index (κ3) is 9.66. The van der Waals surface area contributed by atoms with Crippen LogP contribution in [0.2, 0.25) is 0 Å². The topological polar surface area (TPSA) is 0 Å². The van der Waals surface area contributed by atoms with Crippen molar-refractivity contribution in [3.8, 4) is 0 Å². The highest BCUT2D eigenvalue weighted by Gasteiger charge is 1.89. The first kappa shape index (κ1) is 12.7. The molecular weight excluding hydrogens is 156 g/mol. The van der Waals surface area contributed by atoms with Crippen LogP contribution in [0.5, 0.6) is 0 Å². The van der Waals surface area contributed by atoms with E-state index in [1.54, 1.807) is 5.57 Å². The molecule has 0 aromatic rings. The second-order valence-electron chi connectivity index (χ2n) is 4.00. The Labute approximate surface area is 84.4 Å². The maximum absolute atomic E-state index is 2.43. The SMILES string of the molecule is CCCCCCC/C=C(\C)CCC. The van der Waals surface area contributed by atoms with Crippen molar-refractivity contribution in [1.29, 1.82) is 0 Å². The predicted octanol–water partition coefficient (Wildman–Crippen LogP) is 5.09. The summed E-state index contributed by atoms with van der Waals surface area (Å²) in [4.78, 5) is 0. The number of unbranched alkanes of at least 4 members (excludes halogenated alkanes) is 5. The van der Waals surface area contributed by atoms with E-state index in [2.05, 4.69) is 26.8 Å². The van der Waals surface area contributed by atoms with Crippen LogP contribution in [-0.4, -0.2) is 0 Å². The first-order valence-corrected chi connectivity index (χ1v) is 5.96. The molecule has 0 radical (unpaired) electrons. The molecule has 0 unspecified atom stereocenters. The van der Waals surface area contributed by atoms with Crippen molar-refractivity contribution in [2.24, 2.45) is 0 Å². The Balaban J connectivity index is 3.18. The molecule has 0 fully saturated rings. The standard InChI is InChI=1S/C13H26/c1-4-6-7-8-9-10-12-13(3)11-5-2/h12H,4-11H2,1-3H3/b13-12+. The van der Waals surface area contributed by atoms with Gasteiger partial charge in [-0.3, -0.25) is 0 Å². The monoisotopic (exact) mass is 182 g/mol. The lowest BCUT2D eigenvalue weighted by Gasteiger charge is -1.99. The number of hydrogen-bond donors (Lipinski definition) is 0. The zero-order valence-corrected chi connectivity index (χ0v) is 9.73. The fraction of sp³-hybridized carbons (Fsp3) is 0.846. The van der Waals surface area contributed by atoms with E-state index in [9.17, 15) is 0 Å². The van der Waals surface area contributed by atoms with Crippen LogP contribution >= 0.6 is 0 Å². The highest BCUT2D eigenvalue weighted by Crippen LogP contribution is 2.09. The largest absolute Gasteiger partial charge is 0.0856 e. The summed E-state index contributed by atoms with van der Waals surface area (Å²) in [7, 11) is 0. The molecule has 0 aliphatic rings. The van der Waals surface area contributed by atoms with Crippen LogP contribution < -0.4 is 0 Å². The second-order valence-corrected chi connectivity index (χ2v) is 4.00. The molecule has 0 heterocycles. The van der Waals surface area contributed by atoms with Gasteiger partial charge in [0.2, 0.25) is 0 Å². The molecule has 78 valence electrons. The van der Waals surface area contributed by atoms with Crippen molar-refractivity contribution >= 4 is 0 Å². The van der Waals surface area contributed by atoms with Gasteiger partial charge in [-0.25, -0.2) is 0 Å². The molecule has 0 nitrogen and oxygen atoms in total. The maximum Gasteiger partial charge on any atom is -0.0326 e. The molecule has 0 aromatic carbocycles. The third-order valence-corrected chi connectivity index (χ3v) is 2.44. The fourth-order valence-electron chi connectivity index (χ4n) is 1.59. The molecule has 0 heteroatoms. The van der Waals surface area contributed by atoms with Crippen LogP contribution in [0, 0.1) is 0 Å². The maximum atomic E-state index is 2.43. The van der Waals surface area contributed by atoms with Crippen molar-refractivity contribution < 1.29 is 0 Å². The lowest BCUT2D eigenvalue weighted by molar-refractivity contribution is 0.636. The summed E-state index contributed by atoms with van der Waals surface area (Å²) in [6, 6.07) is 0. The van der Waals surface area contributed by atoms with Gasteiger partial charge >= 0.3 is 0 Å². The lowest BCUT2D eigenvalue weighted by atomic mass is 10.1. The average Bonchev–Trinajstić information content (AvgIpc) is 2.11. The first-order valence-electron chi connectivity index (χ1n) is 5.96. The summed E-state index contributed by atoms with van der Waals surface area (Å²) in [6.45, 7) is 6.78. The summed E-state index contributed by atoms with van der Waals surface area (Å²) in [5, 5.41) is 0. The van der Waals surface area contributed by atoms with Crippen LogP contribution in [-0.2, 0) is 0 Å². The van der Waals surface area contributed by atoms with Gasteiger partial charge < -0.3 is 0 Å². The molecule has 0 aliphatic carbocycles. The Morgan fingerprint density at radius 2 is 1.62 bits per heavy atom. The summed E-state index contributed by atoms with van der Waals surface area (Å²) in [5.41, 5.74) is 1.58. The van der Waals surface area contributed by atoms with Crippen molar-refractivity contribution in [1.82, 2.24) is 0 Å². The van der Waals surface area contributed by atoms with Crippen molar-refractivity contribution in [2.45, 2.75) is 72.1 Å². The first-order chi connectivity index (χ1) is 6.31. The molecule has 0 saturated carbocycles. The Hall–Kier alpha value is -0.260. The van der Waals surface area contributed by atoms with Gasteiger partial charge in [0.05, 0.1) is 0 Å². The van der Waals surface area contributed by atoms with Gasteiger partial charge in [0.25, 0.3) is 0 Å². The average molecular weight is 182 g/mol. The molecular formula is C13H26. The van der Waals surface area contributed by atoms with Crippen LogP contribution in [0.4, 0.5) is 0 Å². The van der Waals surface area contributed by atoms with Gasteiger partial charge in [0, 0.05) is 0 Å². The minimum absolute atomic E-state index is 1.29. The Kier molecular flexibility index (Phi) is 9.63. The molecule has 0 N–H and O–H groups in total. The minimum Gasteiger partial charge on any atom is -0.0856 e. The molecule has 0 bridgehead atoms. The Morgan fingerprint density at radius 3 is 2.23 bits per heavy atom. The lowest BCUT2D eigenvalue weighted by Crippen LogP contribution is -1.79. The summed E-state index contributed by atoms with van der Waals surface area (Å²) in [5.74, 6) is 0. The summed E-state index contributed by atoms with van der Waals surface area (Å²) < 4.78 is 0. The zero-order valence-electron chi connectivity index (χ0n) is 9.73. The predicted molar refractivity (Wildman–Crippen MR) is 62.0 cm³/mol. The zero-order chi connectivity index (χ0) is 9.94. The van der Waals surface area contributed by atoms with Crippen molar-refractivity contribution in [3.63, 3.8) is 0 Å². The Morgan fingerprint density at radius 1 is 0.923 bits per heavy atom. The van der Waals surface area contributed by atoms with E-state index in [4.69, 9.17) is 0 Å². The van der Waals surface area contributed by atoms with Gasteiger partial charge in [0.1, 0.15) is 0 Å². The van der Waals surface area contributed by atoms with E-state index in [1.807, 2.05) is 0 Å². The molecule has 0 saturated heterocycles. The van der Waals surface area contributed by atoms with Gasteiger partial charge in [-0.1, -0.05) is 57.6 Å². The van der Waals surface area contributed by atoms with Gasteiger partial charge in [-0.05, 0) is 26.2 Å². The smallest absolute Gasteiger partial charge is 0.0326 e. The molecule has 0 atom stereocenters. The van der Waals surface area contributed by atoms with Gasteiger partial charge in [0.15, 0.2) is 0 Å². The second kappa shape index (κ2) is 9.83. The summed E-state index contributed by atoms with van der Waals surface area (Å²) in [6.07, 6.45) is 13.3. The van der Waals surface area contributed by atoms with Crippen molar-refractivity contribution in [2.75, 3.05) is 0 Å². The third-order valence-electron chi connectivity index (χ3n) is 2.44. The molecule has 13 heavy (non-hydrogen) atoms. The van der Waals surface area contributed by atoms with E-state index in [0.29, 0.717) is 0 Å². The number of rotatable bonds is 8. The molecule has 0 aliphatic heterocycles. The molecule has 0 amide bonds. The molecule has 0 spiro atoms. The number of hydrogen-bond acceptors (Lipinski definition) is 0. The highest BCUT2D eigenvalue weighted by atomic mass is 14.0. The van der Waals surface area contributed by atoms with Gasteiger partial charge in [-0.15, -0.1) is 0 Å². The van der Waals surface area contributed by atoms with Crippen LogP contribution in [0.3, 0.4) is 0 Å². The Bertz CT molecular complexity index is 122. The van der Waals surface area contributed by atoms with E-state index in [-0.39, 0.29) is 0 Å². The van der Waals surface area contributed by atoms with E-state index in [0.717, 1.165) is 0 Å². The normalized spacial score (nSPS) is 12.1. The van der Waals surface area contributed by atoms with Crippen molar-refractivity contribution in [3.05, 3.63) is 11.6 Å². The van der Waals surface area contributed by atoms with E-state index >= 15 is 0 Å². The van der Waals surface area contributed by atoms with Gasteiger partial charge in [-0.2, -0.15) is 0 Å². The summed E-state index contributed by atoms with van der Waals surface area (Å²) >= 11 is 0. The van der Waals surface area contributed by atoms with Crippen LogP contribution in [0.25, 0.3) is 0 Å². The van der Waals surface area contributed by atoms with E-state index in [1.165, 1.54) is 51.4 Å². The highest BCUT2D eigenvalue weighted by molar-refractivity contribution is 4.97. The number of allylic oxidation sites excluding steroid dienone is 2. The van der Waals surface area contributed by atoms with Crippen LogP contribution in [0.15, 0.2) is 11.6 Å². The minimum atomic E-state index is 1.29.